The summed E-state index contributed by atoms with van der Waals surface area (Å²) in [6.07, 6.45) is 7.58. The highest BCUT2D eigenvalue weighted by molar-refractivity contribution is 5.85. The van der Waals surface area contributed by atoms with E-state index in [-0.39, 0.29) is 11.3 Å². The summed E-state index contributed by atoms with van der Waals surface area (Å²) in [4.78, 5) is 11.9. The molecule has 1 amide bonds. The zero-order chi connectivity index (χ0) is 11.2. The lowest BCUT2D eigenvalue weighted by atomic mass is 9.88. The second-order valence-corrected chi connectivity index (χ2v) is 6.13. The van der Waals surface area contributed by atoms with E-state index in [1.165, 1.54) is 25.7 Å². The molecule has 3 fully saturated rings. The molecule has 0 aromatic carbocycles. The van der Waals surface area contributed by atoms with Gasteiger partial charge in [0.1, 0.15) is 0 Å². The van der Waals surface area contributed by atoms with Crippen molar-refractivity contribution in [2.75, 3.05) is 13.1 Å². The van der Waals surface area contributed by atoms with Crippen molar-refractivity contribution in [3.8, 4) is 0 Å². The van der Waals surface area contributed by atoms with Crippen LogP contribution in [0.25, 0.3) is 0 Å². The predicted molar refractivity (Wildman–Crippen MR) is 62.7 cm³/mol. The van der Waals surface area contributed by atoms with E-state index in [0.717, 1.165) is 37.1 Å². The van der Waals surface area contributed by atoms with E-state index < -0.39 is 0 Å². The molecule has 0 spiro atoms. The number of nitrogens with one attached hydrogen (secondary N) is 1. The Morgan fingerprint density at radius 1 is 1.31 bits per heavy atom. The summed E-state index contributed by atoms with van der Waals surface area (Å²) in [5, 5.41) is 3.14. The summed E-state index contributed by atoms with van der Waals surface area (Å²) in [6.45, 7) is 1.43. The number of hydrogen-bond acceptors (Lipinski definition) is 2. The fourth-order valence-corrected chi connectivity index (χ4v) is 3.71. The van der Waals surface area contributed by atoms with Crippen molar-refractivity contribution in [1.29, 1.82) is 0 Å². The Balaban J connectivity index is 1.48. The Kier molecular flexibility index (Phi) is 2.46. The van der Waals surface area contributed by atoms with Crippen molar-refractivity contribution in [1.82, 2.24) is 5.32 Å². The van der Waals surface area contributed by atoms with Gasteiger partial charge in [0.25, 0.3) is 0 Å². The van der Waals surface area contributed by atoms with Crippen LogP contribution in [0.1, 0.15) is 38.5 Å². The molecule has 3 N–H and O–H groups in total. The summed E-state index contributed by atoms with van der Waals surface area (Å²) in [5.74, 6) is 2.85. The molecular formula is C13H22N2O. The van der Waals surface area contributed by atoms with Gasteiger partial charge >= 0.3 is 0 Å². The van der Waals surface area contributed by atoms with Crippen LogP contribution in [-0.4, -0.2) is 19.0 Å². The third-order valence-corrected chi connectivity index (χ3v) is 5.14. The van der Waals surface area contributed by atoms with Gasteiger partial charge in [-0.15, -0.1) is 0 Å². The van der Waals surface area contributed by atoms with Gasteiger partial charge < -0.3 is 11.1 Å². The zero-order valence-corrected chi connectivity index (χ0v) is 9.87. The van der Waals surface area contributed by atoms with Gasteiger partial charge in [-0.05, 0) is 49.9 Å². The first-order chi connectivity index (χ1) is 7.73. The highest BCUT2D eigenvalue weighted by Crippen LogP contribution is 2.48. The third kappa shape index (κ3) is 1.65. The first-order valence-corrected chi connectivity index (χ1v) is 6.72. The Labute approximate surface area is 97.2 Å². The average Bonchev–Trinajstić information content (AvgIpc) is 2.84. The standard InChI is InChI=1S/C13H22N2O/c14-8-13(3-4-13)12(16)15-7-11-6-9-1-2-10(11)5-9/h9-11H,1-8,14H2,(H,15,16). The Hall–Kier alpha value is -0.570. The van der Waals surface area contributed by atoms with Crippen LogP contribution in [0.5, 0.6) is 0 Å². The molecule has 3 rings (SSSR count). The minimum atomic E-state index is -0.169. The number of carbonyl (C=O) groups excluding carboxylic acids is 1. The second kappa shape index (κ2) is 3.73. The van der Waals surface area contributed by atoms with Crippen LogP contribution in [-0.2, 0) is 4.79 Å². The van der Waals surface area contributed by atoms with Crippen LogP contribution in [0.3, 0.4) is 0 Å². The molecule has 3 unspecified atom stereocenters. The van der Waals surface area contributed by atoms with E-state index in [1.807, 2.05) is 0 Å². The highest BCUT2D eigenvalue weighted by Gasteiger charge is 2.49. The second-order valence-electron chi connectivity index (χ2n) is 6.13. The SMILES string of the molecule is NCC1(C(=O)NCC2CC3CCC2C3)CC1. The van der Waals surface area contributed by atoms with Crippen molar-refractivity contribution in [2.45, 2.75) is 38.5 Å². The first kappa shape index (κ1) is 10.6. The minimum Gasteiger partial charge on any atom is -0.355 e. The van der Waals surface area contributed by atoms with Gasteiger partial charge in [0.15, 0.2) is 0 Å². The Morgan fingerprint density at radius 2 is 2.12 bits per heavy atom. The van der Waals surface area contributed by atoms with Crippen LogP contribution in [0.15, 0.2) is 0 Å². The van der Waals surface area contributed by atoms with E-state index in [0.29, 0.717) is 6.54 Å². The minimum absolute atomic E-state index is 0.169. The van der Waals surface area contributed by atoms with Gasteiger partial charge in [0.05, 0.1) is 5.41 Å². The zero-order valence-electron chi connectivity index (χ0n) is 9.87. The van der Waals surface area contributed by atoms with Gasteiger partial charge in [-0.2, -0.15) is 0 Å². The molecular weight excluding hydrogens is 200 g/mol. The lowest BCUT2D eigenvalue weighted by Gasteiger charge is -2.23. The molecule has 0 aliphatic heterocycles. The maximum atomic E-state index is 11.9. The smallest absolute Gasteiger partial charge is 0.227 e. The summed E-state index contributed by atoms with van der Waals surface area (Å²) < 4.78 is 0. The van der Waals surface area contributed by atoms with Crippen LogP contribution in [0.4, 0.5) is 0 Å². The molecule has 3 aliphatic carbocycles. The third-order valence-electron chi connectivity index (χ3n) is 5.14. The van der Waals surface area contributed by atoms with Crippen LogP contribution >= 0.6 is 0 Å². The molecule has 0 saturated heterocycles. The quantitative estimate of drug-likeness (QED) is 0.753. The Bertz CT molecular complexity index is 298. The molecule has 0 aromatic heterocycles. The van der Waals surface area contributed by atoms with Crippen LogP contribution < -0.4 is 11.1 Å². The number of fused-ring (bicyclic) bond motifs is 2. The van der Waals surface area contributed by atoms with Gasteiger partial charge in [-0.1, -0.05) is 6.42 Å². The van der Waals surface area contributed by atoms with Crippen molar-refractivity contribution >= 4 is 5.91 Å². The summed E-state index contributed by atoms with van der Waals surface area (Å²) in [6, 6.07) is 0. The van der Waals surface area contributed by atoms with E-state index >= 15 is 0 Å². The summed E-state index contributed by atoms with van der Waals surface area (Å²) in [7, 11) is 0. The van der Waals surface area contributed by atoms with Crippen LogP contribution in [0, 0.1) is 23.2 Å². The fourth-order valence-electron chi connectivity index (χ4n) is 3.71. The van der Waals surface area contributed by atoms with Crippen molar-refractivity contribution in [2.24, 2.45) is 28.9 Å². The van der Waals surface area contributed by atoms with Crippen molar-refractivity contribution < 1.29 is 4.79 Å². The van der Waals surface area contributed by atoms with Crippen molar-refractivity contribution in [3.63, 3.8) is 0 Å². The first-order valence-electron chi connectivity index (χ1n) is 6.72. The maximum Gasteiger partial charge on any atom is 0.227 e. The summed E-state index contributed by atoms with van der Waals surface area (Å²) in [5.41, 5.74) is 5.48. The molecule has 3 heteroatoms. The number of hydrogen-bond donors (Lipinski definition) is 2. The maximum absolute atomic E-state index is 11.9. The molecule has 0 aromatic rings. The van der Waals surface area contributed by atoms with Gasteiger partial charge in [0.2, 0.25) is 5.91 Å². The fraction of sp³-hybridized carbons (Fsp3) is 0.923. The van der Waals surface area contributed by atoms with E-state index in [1.54, 1.807) is 0 Å². The molecule has 0 radical (unpaired) electrons. The normalized spacial score (nSPS) is 38.7. The van der Waals surface area contributed by atoms with Crippen molar-refractivity contribution in [3.05, 3.63) is 0 Å². The topological polar surface area (TPSA) is 55.1 Å². The van der Waals surface area contributed by atoms with Gasteiger partial charge in [0, 0.05) is 13.1 Å². The predicted octanol–water partition coefficient (Wildman–Crippen LogP) is 1.28. The largest absolute Gasteiger partial charge is 0.355 e. The molecule has 2 bridgehead atoms. The lowest BCUT2D eigenvalue weighted by molar-refractivity contribution is -0.126. The average molecular weight is 222 g/mol. The summed E-state index contributed by atoms with van der Waals surface area (Å²) >= 11 is 0. The molecule has 0 heterocycles. The molecule has 3 nitrogen and oxygen atoms in total. The Morgan fingerprint density at radius 3 is 2.62 bits per heavy atom. The van der Waals surface area contributed by atoms with Crippen LogP contribution in [0.2, 0.25) is 0 Å². The molecule has 3 atom stereocenters. The number of amides is 1. The molecule has 16 heavy (non-hydrogen) atoms. The molecule has 90 valence electrons. The van der Waals surface area contributed by atoms with E-state index in [2.05, 4.69) is 5.32 Å². The molecule has 3 saturated carbocycles. The van der Waals surface area contributed by atoms with E-state index in [9.17, 15) is 4.79 Å². The van der Waals surface area contributed by atoms with E-state index in [4.69, 9.17) is 5.73 Å². The highest BCUT2D eigenvalue weighted by atomic mass is 16.2. The number of carbonyl (C=O) groups is 1. The number of nitrogens with two attached hydrogens (primary N) is 1. The van der Waals surface area contributed by atoms with Gasteiger partial charge in [-0.25, -0.2) is 0 Å². The molecule has 3 aliphatic rings. The number of rotatable bonds is 4. The van der Waals surface area contributed by atoms with Gasteiger partial charge in [-0.3, -0.25) is 4.79 Å². The lowest BCUT2D eigenvalue weighted by Crippen LogP contribution is -2.39. The monoisotopic (exact) mass is 222 g/mol.